The average Bonchev–Trinajstić information content (AvgIpc) is 2.37. The van der Waals surface area contributed by atoms with Crippen molar-refractivity contribution in [1.29, 1.82) is 0 Å². The molecule has 2 aromatic rings. The molecule has 0 aromatic heterocycles. The number of halogens is 3. The summed E-state index contributed by atoms with van der Waals surface area (Å²) >= 11 is 0. The van der Waals surface area contributed by atoms with Gasteiger partial charge in [-0.1, -0.05) is 18.2 Å². The van der Waals surface area contributed by atoms with Gasteiger partial charge in [0, 0.05) is 22.9 Å². The van der Waals surface area contributed by atoms with Crippen molar-refractivity contribution in [3.8, 4) is 22.6 Å². The lowest BCUT2D eigenvalue weighted by molar-refractivity contribution is -0.274. The summed E-state index contributed by atoms with van der Waals surface area (Å²) < 4.78 is 45.4. The minimum absolute atomic E-state index is 0.177. The van der Waals surface area contributed by atoms with E-state index in [9.17, 15) is 13.2 Å². The van der Waals surface area contributed by atoms with E-state index in [1.165, 1.54) is 19.2 Å². The van der Waals surface area contributed by atoms with Crippen molar-refractivity contribution in [3.05, 3.63) is 42.5 Å². The number of hydrogen-bond donors (Lipinski definition) is 1. The lowest BCUT2D eigenvalue weighted by Gasteiger charge is -2.13. The third kappa shape index (κ3) is 3.14. The Bertz CT molecular complexity index is 612. The van der Waals surface area contributed by atoms with Gasteiger partial charge in [0.25, 0.3) is 0 Å². The zero-order valence-electron chi connectivity index (χ0n) is 10.6. The topological polar surface area (TPSA) is 44.5 Å². The number of methoxy groups -OCH3 is 1. The number of para-hydroxylation sites is 1. The van der Waals surface area contributed by atoms with Crippen molar-refractivity contribution in [2.75, 3.05) is 12.8 Å². The number of benzene rings is 2. The van der Waals surface area contributed by atoms with Crippen molar-refractivity contribution in [2.24, 2.45) is 0 Å². The Hall–Kier alpha value is -2.37. The molecule has 2 N–H and O–H groups in total. The van der Waals surface area contributed by atoms with Crippen molar-refractivity contribution in [3.63, 3.8) is 0 Å². The van der Waals surface area contributed by atoms with Crippen molar-refractivity contribution < 1.29 is 22.6 Å². The zero-order valence-corrected chi connectivity index (χ0v) is 10.6. The summed E-state index contributed by atoms with van der Waals surface area (Å²) in [5.74, 6) is 0.234. The van der Waals surface area contributed by atoms with Crippen LogP contribution in [0.2, 0.25) is 0 Å². The molecule has 0 amide bonds. The summed E-state index contributed by atoms with van der Waals surface area (Å²) in [6.07, 6.45) is -4.74. The maximum atomic E-state index is 12.1. The number of nitrogens with two attached hydrogens (primary N) is 1. The number of hydrogen-bond acceptors (Lipinski definition) is 3. The summed E-state index contributed by atoms with van der Waals surface area (Å²) in [6.45, 7) is 0. The van der Waals surface area contributed by atoms with Gasteiger partial charge in [0.2, 0.25) is 0 Å². The molecule has 0 aliphatic heterocycles. The molecule has 0 heterocycles. The van der Waals surface area contributed by atoms with E-state index >= 15 is 0 Å². The van der Waals surface area contributed by atoms with Crippen molar-refractivity contribution in [2.45, 2.75) is 6.36 Å². The van der Waals surface area contributed by atoms with E-state index in [0.717, 1.165) is 6.07 Å². The maximum absolute atomic E-state index is 12.1. The van der Waals surface area contributed by atoms with Gasteiger partial charge in [0.15, 0.2) is 0 Å². The van der Waals surface area contributed by atoms with E-state index in [2.05, 4.69) is 4.74 Å². The van der Waals surface area contributed by atoms with E-state index in [1.807, 2.05) is 0 Å². The minimum atomic E-state index is -4.74. The highest BCUT2D eigenvalue weighted by Gasteiger charge is 2.31. The fourth-order valence-corrected chi connectivity index (χ4v) is 1.85. The SMILES string of the molecule is COc1ccccc1-c1ccc(OC(F)(F)F)cc1N. The van der Waals surface area contributed by atoms with E-state index < -0.39 is 6.36 Å². The summed E-state index contributed by atoms with van der Waals surface area (Å²) in [7, 11) is 1.51. The first-order valence-electron chi connectivity index (χ1n) is 5.69. The van der Waals surface area contributed by atoms with Crippen LogP contribution in [0, 0.1) is 0 Å². The molecule has 6 heteroatoms. The predicted molar refractivity (Wildman–Crippen MR) is 69.5 cm³/mol. The van der Waals surface area contributed by atoms with Crippen LogP contribution < -0.4 is 15.2 Å². The van der Waals surface area contributed by atoms with Gasteiger partial charge in [-0.05, 0) is 18.2 Å². The fourth-order valence-electron chi connectivity index (χ4n) is 1.85. The van der Waals surface area contributed by atoms with Crippen LogP contribution in [0.4, 0.5) is 18.9 Å². The third-order valence-electron chi connectivity index (χ3n) is 2.65. The monoisotopic (exact) mass is 283 g/mol. The van der Waals surface area contributed by atoms with Crippen LogP contribution in [-0.4, -0.2) is 13.5 Å². The van der Waals surface area contributed by atoms with Gasteiger partial charge in [-0.25, -0.2) is 0 Å². The van der Waals surface area contributed by atoms with Gasteiger partial charge in [-0.2, -0.15) is 0 Å². The molecule has 0 bridgehead atoms. The van der Waals surface area contributed by atoms with Crippen LogP contribution in [0.3, 0.4) is 0 Å². The van der Waals surface area contributed by atoms with Gasteiger partial charge < -0.3 is 15.2 Å². The summed E-state index contributed by atoms with van der Waals surface area (Å²) in [6, 6.07) is 10.9. The number of nitrogen functional groups attached to an aromatic ring is 1. The molecule has 0 fully saturated rings. The van der Waals surface area contributed by atoms with Crippen molar-refractivity contribution >= 4 is 5.69 Å². The second kappa shape index (κ2) is 5.32. The molecule has 20 heavy (non-hydrogen) atoms. The number of ether oxygens (including phenoxy) is 2. The Morgan fingerprint density at radius 2 is 1.70 bits per heavy atom. The lowest BCUT2D eigenvalue weighted by Crippen LogP contribution is -2.17. The van der Waals surface area contributed by atoms with Crippen LogP contribution in [0.15, 0.2) is 42.5 Å². The maximum Gasteiger partial charge on any atom is 0.573 e. The highest BCUT2D eigenvalue weighted by Crippen LogP contribution is 2.36. The standard InChI is InChI=1S/C14H12F3NO2/c1-19-13-5-3-2-4-11(13)10-7-6-9(8-12(10)18)20-14(15,16)17/h2-8H,18H2,1H3. The quantitative estimate of drug-likeness (QED) is 0.870. The predicted octanol–water partition coefficient (Wildman–Crippen LogP) is 3.84. The molecule has 3 nitrogen and oxygen atoms in total. The second-order valence-corrected chi connectivity index (χ2v) is 4.00. The van der Waals surface area contributed by atoms with Crippen LogP contribution in [0.1, 0.15) is 0 Å². The van der Waals surface area contributed by atoms with Crippen LogP contribution in [0.5, 0.6) is 11.5 Å². The molecule has 0 spiro atoms. The van der Waals surface area contributed by atoms with Crippen LogP contribution in [-0.2, 0) is 0 Å². The zero-order chi connectivity index (χ0) is 14.8. The van der Waals surface area contributed by atoms with Gasteiger partial charge in [0.05, 0.1) is 7.11 Å². The van der Waals surface area contributed by atoms with Crippen LogP contribution in [0.25, 0.3) is 11.1 Å². The molecule has 0 unspecified atom stereocenters. The average molecular weight is 283 g/mol. The van der Waals surface area contributed by atoms with Gasteiger partial charge in [0.1, 0.15) is 11.5 Å². The first-order chi connectivity index (χ1) is 9.40. The van der Waals surface area contributed by atoms with Crippen molar-refractivity contribution in [1.82, 2.24) is 0 Å². The fraction of sp³-hybridized carbons (Fsp3) is 0.143. The molecule has 0 aliphatic rings. The smallest absolute Gasteiger partial charge is 0.496 e. The highest BCUT2D eigenvalue weighted by molar-refractivity contribution is 5.81. The number of anilines is 1. The highest BCUT2D eigenvalue weighted by atomic mass is 19.4. The lowest BCUT2D eigenvalue weighted by atomic mass is 10.0. The first kappa shape index (κ1) is 14.0. The minimum Gasteiger partial charge on any atom is -0.496 e. The number of alkyl halides is 3. The molecule has 0 aliphatic carbocycles. The molecular formula is C14H12F3NO2. The Morgan fingerprint density at radius 3 is 2.30 bits per heavy atom. The van der Waals surface area contributed by atoms with Gasteiger partial charge in [-0.3, -0.25) is 0 Å². The Balaban J connectivity index is 2.39. The molecular weight excluding hydrogens is 271 g/mol. The second-order valence-electron chi connectivity index (χ2n) is 4.00. The Morgan fingerprint density at radius 1 is 1.00 bits per heavy atom. The molecule has 0 radical (unpaired) electrons. The summed E-state index contributed by atoms with van der Waals surface area (Å²) in [5.41, 5.74) is 7.25. The van der Waals surface area contributed by atoms with Gasteiger partial charge >= 0.3 is 6.36 Å². The Kier molecular flexibility index (Phi) is 3.74. The molecule has 0 saturated heterocycles. The Labute approximate surface area is 113 Å². The molecule has 0 saturated carbocycles. The van der Waals surface area contributed by atoms with Crippen LogP contribution >= 0.6 is 0 Å². The normalized spacial score (nSPS) is 11.2. The summed E-state index contributed by atoms with van der Waals surface area (Å²) in [4.78, 5) is 0. The first-order valence-corrected chi connectivity index (χ1v) is 5.69. The van der Waals surface area contributed by atoms with E-state index in [-0.39, 0.29) is 11.4 Å². The molecule has 2 aromatic carbocycles. The molecule has 2 rings (SSSR count). The summed E-state index contributed by atoms with van der Waals surface area (Å²) in [5, 5.41) is 0. The third-order valence-corrected chi connectivity index (χ3v) is 2.65. The van der Waals surface area contributed by atoms with E-state index in [0.29, 0.717) is 16.9 Å². The van der Waals surface area contributed by atoms with Gasteiger partial charge in [-0.15, -0.1) is 13.2 Å². The number of rotatable bonds is 3. The molecule has 0 atom stereocenters. The van der Waals surface area contributed by atoms with E-state index in [4.69, 9.17) is 10.5 Å². The van der Waals surface area contributed by atoms with E-state index in [1.54, 1.807) is 24.3 Å². The largest absolute Gasteiger partial charge is 0.573 e. The molecule has 106 valence electrons.